The molecule has 2 N–H and O–H groups in total. The highest BCUT2D eigenvalue weighted by Crippen LogP contribution is 2.31. The lowest BCUT2D eigenvalue weighted by atomic mass is 9.92. The van der Waals surface area contributed by atoms with Gasteiger partial charge in [0, 0.05) is 22.4 Å². The zero-order chi connectivity index (χ0) is 18.7. The highest BCUT2D eigenvalue weighted by Gasteiger charge is 2.28. The molecule has 0 bridgehead atoms. The Morgan fingerprint density at radius 2 is 1.77 bits per heavy atom. The van der Waals surface area contributed by atoms with E-state index in [1.807, 2.05) is 12.1 Å². The molecule has 7 heteroatoms. The van der Waals surface area contributed by atoms with Crippen molar-refractivity contribution in [3.8, 4) is 11.5 Å². The number of methoxy groups -OCH3 is 2. The molecule has 1 heterocycles. The first-order chi connectivity index (χ1) is 12.5. The smallest absolute Gasteiger partial charge is 0.193 e. The molecule has 0 spiro atoms. The molecule has 0 aromatic heterocycles. The van der Waals surface area contributed by atoms with Crippen LogP contribution in [0.3, 0.4) is 0 Å². The third-order valence-electron chi connectivity index (χ3n) is 4.06. The molecule has 3 rings (SSSR count). The quantitative estimate of drug-likeness (QED) is 0.602. The van der Waals surface area contributed by atoms with Crippen LogP contribution in [0, 0.1) is 0 Å². The Bertz CT molecular complexity index is 881. The van der Waals surface area contributed by atoms with E-state index in [9.17, 15) is 4.79 Å². The Hall–Kier alpha value is -2.57. The molecule has 1 aliphatic rings. The number of carbonyl (C=O) groups excluding carboxylic acids is 1. The van der Waals surface area contributed by atoms with Crippen LogP contribution in [0.15, 0.2) is 54.2 Å². The standard InChI is InChI=1S/C19H17ClN2O3S/c1-24-15-8-5-12(9-16(15)25-2)18(23)14-10-21-19(26)22-17(14)11-3-6-13(20)7-4-11/h3-10,17H,1-2H3,(H2,21,22,26). The van der Waals surface area contributed by atoms with Crippen LogP contribution in [0.25, 0.3) is 0 Å². The minimum Gasteiger partial charge on any atom is -0.493 e. The molecule has 0 saturated carbocycles. The van der Waals surface area contributed by atoms with Gasteiger partial charge in [0.1, 0.15) is 0 Å². The minimum absolute atomic E-state index is 0.145. The summed E-state index contributed by atoms with van der Waals surface area (Å²) in [6, 6.07) is 12.0. The van der Waals surface area contributed by atoms with Gasteiger partial charge < -0.3 is 20.1 Å². The number of benzene rings is 2. The fraction of sp³-hybridized carbons (Fsp3) is 0.158. The van der Waals surface area contributed by atoms with Gasteiger partial charge in [0.05, 0.1) is 20.3 Å². The van der Waals surface area contributed by atoms with Crippen LogP contribution in [0.4, 0.5) is 0 Å². The first-order valence-electron chi connectivity index (χ1n) is 7.82. The second-order valence-corrected chi connectivity index (χ2v) is 6.45. The van der Waals surface area contributed by atoms with E-state index in [-0.39, 0.29) is 11.8 Å². The third-order valence-corrected chi connectivity index (χ3v) is 4.54. The molecule has 2 aromatic rings. The van der Waals surface area contributed by atoms with Gasteiger partial charge >= 0.3 is 0 Å². The van der Waals surface area contributed by atoms with Gasteiger partial charge in [-0.1, -0.05) is 23.7 Å². The second-order valence-electron chi connectivity index (χ2n) is 5.60. The van der Waals surface area contributed by atoms with Gasteiger partial charge in [0.2, 0.25) is 0 Å². The summed E-state index contributed by atoms with van der Waals surface area (Å²) >= 11 is 11.2. The summed E-state index contributed by atoms with van der Waals surface area (Å²) in [6.07, 6.45) is 1.64. The first kappa shape index (κ1) is 18.2. The van der Waals surface area contributed by atoms with E-state index in [4.69, 9.17) is 33.3 Å². The molecule has 0 fully saturated rings. The Balaban J connectivity index is 1.98. The maximum absolute atomic E-state index is 13.1. The Morgan fingerprint density at radius 3 is 2.42 bits per heavy atom. The predicted molar refractivity (Wildman–Crippen MR) is 105 cm³/mol. The van der Waals surface area contributed by atoms with Crippen molar-refractivity contribution in [2.45, 2.75) is 6.04 Å². The molecule has 0 radical (unpaired) electrons. The zero-order valence-electron chi connectivity index (χ0n) is 14.2. The van der Waals surface area contributed by atoms with Crippen molar-refractivity contribution < 1.29 is 14.3 Å². The molecule has 1 atom stereocenters. The molecule has 2 aromatic carbocycles. The van der Waals surface area contributed by atoms with E-state index >= 15 is 0 Å². The summed E-state index contributed by atoms with van der Waals surface area (Å²) in [7, 11) is 3.08. The number of ketones is 1. The van der Waals surface area contributed by atoms with Crippen molar-refractivity contribution in [2.24, 2.45) is 0 Å². The number of carbonyl (C=O) groups is 1. The topological polar surface area (TPSA) is 59.6 Å². The van der Waals surface area contributed by atoms with E-state index in [1.165, 1.54) is 7.11 Å². The fourth-order valence-corrected chi connectivity index (χ4v) is 3.04. The highest BCUT2D eigenvalue weighted by atomic mass is 35.5. The molecule has 5 nitrogen and oxygen atoms in total. The average molecular weight is 389 g/mol. The van der Waals surface area contributed by atoms with Crippen LogP contribution < -0.4 is 20.1 Å². The van der Waals surface area contributed by atoms with Crippen LogP contribution in [-0.2, 0) is 0 Å². The van der Waals surface area contributed by atoms with Crippen LogP contribution in [-0.4, -0.2) is 25.1 Å². The van der Waals surface area contributed by atoms with Crippen molar-refractivity contribution in [2.75, 3.05) is 14.2 Å². The van der Waals surface area contributed by atoms with Gasteiger partial charge in [-0.2, -0.15) is 0 Å². The van der Waals surface area contributed by atoms with Gasteiger partial charge in [-0.15, -0.1) is 0 Å². The molecular weight excluding hydrogens is 372 g/mol. The molecule has 0 amide bonds. The monoisotopic (exact) mass is 388 g/mol. The van der Waals surface area contributed by atoms with Crippen molar-refractivity contribution >= 4 is 34.7 Å². The summed E-state index contributed by atoms with van der Waals surface area (Å²) in [6.45, 7) is 0. The van der Waals surface area contributed by atoms with Crippen LogP contribution in [0.5, 0.6) is 11.5 Å². The molecular formula is C19H17ClN2O3S. The summed E-state index contributed by atoms with van der Waals surface area (Å²) in [5.74, 6) is 0.913. The van der Waals surface area contributed by atoms with Gasteiger partial charge in [-0.3, -0.25) is 4.79 Å². The van der Waals surface area contributed by atoms with Crippen molar-refractivity contribution in [1.29, 1.82) is 0 Å². The lowest BCUT2D eigenvalue weighted by molar-refractivity contribution is 0.102. The molecule has 26 heavy (non-hydrogen) atoms. The number of Topliss-reactive ketones (excluding diaryl/α,β-unsaturated/α-hetero) is 1. The zero-order valence-corrected chi connectivity index (χ0v) is 15.8. The Morgan fingerprint density at radius 1 is 1.08 bits per heavy atom. The lowest BCUT2D eigenvalue weighted by Crippen LogP contribution is -2.42. The Labute approximate surface area is 161 Å². The highest BCUT2D eigenvalue weighted by molar-refractivity contribution is 7.80. The molecule has 0 aliphatic carbocycles. The maximum atomic E-state index is 13.1. The maximum Gasteiger partial charge on any atom is 0.193 e. The van der Waals surface area contributed by atoms with Crippen molar-refractivity contribution in [1.82, 2.24) is 10.6 Å². The fourth-order valence-electron chi connectivity index (χ4n) is 2.74. The molecule has 1 unspecified atom stereocenters. The van der Waals surface area contributed by atoms with E-state index < -0.39 is 0 Å². The van der Waals surface area contributed by atoms with E-state index in [0.717, 1.165) is 5.56 Å². The number of rotatable bonds is 5. The lowest BCUT2D eigenvalue weighted by Gasteiger charge is -2.27. The van der Waals surface area contributed by atoms with E-state index in [1.54, 1.807) is 43.6 Å². The average Bonchev–Trinajstić information content (AvgIpc) is 2.67. The summed E-state index contributed by atoms with van der Waals surface area (Å²) in [4.78, 5) is 13.1. The number of nitrogens with one attached hydrogen (secondary N) is 2. The summed E-state index contributed by atoms with van der Waals surface area (Å²) in [5, 5.41) is 7.12. The normalized spacial score (nSPS) is 16.2. The number of ether oxygens (including phenoxy) is 2. The largest absolute Gasteiger partial charge is 0.493 e. The Kier molecular flexibility index (Phi) is 5.44. The minimum atomic E-state index is -0.374. The van der Waals surface area contributed by atoms with E-state index in [2.05, 4.69) is 10.6 Å². The van der Waals surface area contributed by atoms with Crippen LogP contribution >= 0.6 is 23.8 Å². The van der Waals surface area contributed by atoms with Gasteiger partial charge in [-0.05, 0) is 48.1 Å². The molecule has 1 aliphatic heterocycles. The van der Waals surface area contributed by atoms with Gasteiger partial charge in [0.25, 0.3) is 0 Å². The molecule has 0 saturated heterocycles. The number of thiocarbonyl (C=S) groups is 1. The number of halogens is 1. The predicted octanol–water partition coefficient (Wildman–Crippen LogP) is 3.64. The van der Waals surface area contributed by atoms with Crippen LogP contribution in [0.2, 0.25) is 5.02 Å². The first-order valence-corrected chi connectivity index (χ1v) is 8.61. The van der Waals surface area contributed by atoms with E-state index in [0.29, 0.717) is 32.8 Å². The van der Waals surface area contributed by atoms with Gasteiger partial charge in [-0.25, -0.2) is 0 Å². The van der Waals surface area contributed by atoms with Gasteiger partial charge in [0.15, 0.2) is 22.4 Å². The SMILES string of the molecule is COc1ccc(C(=O)C2=CNC(=S)NC2c2ccc(Cl)cc2)cc1OC. The summed E-state index contributed by atoms with van der Waals surface area (Å²) in [5.41, 5.74) is 1.91. The number of hydrogen-bond acceptors (Lipinski definition) is 4. The van der Waals surface area contributed by atoms with Crippen LogP contribution in [0.1, 0.15) is 22.0 Å². The molecule has 134 valence electrons. The summed E-state index contributed by atoms with van der Waals surface area (Å²) < 4.78 is 10.5. The number of hydrogen-bond donors (Lipinski definition) is 2. The second kappa shape index (κ2) is 7.76. The third kappa shape index (κ3) is 3.66. The van der Waals surface area contributed by atoms with Crippen molar-refractivity contribution in [3.05, 3.63) is 70.4 Å². The van der Waals surface area contributed by atoms with Crippen molar-refractivity contribution in [3.63, 3.8) is 0 Å².